The fourth-order valence-electron chi connectivity index (χ4n) is 1.80. The van der Waals surface area contributed by atoms with Gasteiger partial charge in [-0.3, -0.25) is 4.98 Å². The number of rotatable bonds is 4. The molecule has 0 bridgehead atoms. The zero-order valence-corrected chi connectivity index (χ0v) is 9.77. The number of hydrogen-bond donors (Lipinski definition) is 1. The van der Waals surface area contributed by atoms with Crippen LogP contribution in [0, 0.1) is 0 Å². The van der Waals surface area contributed by atoms with Gasteiger partial charge in [-0.2, -0.15) is 0 Å². The topological polar surface area (TPSA) is 37.8 Å². The molecule has 0 aliphatic heterocycles. The standard InChI is InChI=1S/C13H17N3/c1-3-10(14-2)8-11-9-15-12-6-4-5-7-13(12)16-11/h4-7,9-10,14H,3,8H2,1-2H3. The van der Waals surface area contributed by atoms with Crippen molar-refractivity contribution in [2.75, 3.05) is 7.05 Å². The average Bonchev–Trinajstić information content (AvgIpc) is 2.35. The van der Waals surface area contributed by atoms with E-state index in [9.17, 15) is 0 Å². The lowest BCUT2D eigenvalue weighted by atomic mass is 10.1. The van der Waals surface area contributed by atoms with E-state index in [-0.39, 0.29) is 0 Å². The first-order valence-corrected chi connectivity index (χ1v) is 5.71. The Balaban J connectivity index is 2.25. The summed E-state index contributed by atoms with van der Waals surface area (Å²) < 4.78 is 0. The molecule has 1 atom stereocenters. The Labute approximate surface area is 95.9 Å². The van der Waals surface area contributed by atoms with Gasteiger partial charge in [0.05, 0.1) is 16.7 Å². The van der Waals surface area contributed by atoms with Gasteiger partial charge in [-0.05, 0) is 25.6 Å². The van der Waals surface area contributed by atoms with E-state index in [1.54, 1.807) is 0 Å². The smallest absolute Gasteiger partial charge is 0.0890 e. The monoisotopic (exact) mass is 215 g/mol. The molecule has 1 N–H and O–H groups in total. The minimum atomic E-state index is 0.482. The second-order valence-corrected chi connectivity index (χ2v) is 3.95. The van der Waals surface area contributed by atoms with Crippen LogP contribution >= 0.6 is 0 Å². The van der Waals surface area contributed by atoms with E-state index in [2.05, 4.69) is 22.2 Å². The number of nitrogens with zero attached hydrogens (tertiary/aromatic N) is 2. The zero-order valence-electron chi connectivity index (χ0n) is 9.77. The van der Waals surface area contributed by atoms with Crippen molar-refractivity contribution in [3.05, 3.63) is 36.2 Å². The predicted octanol–water partition coefficient (Wildman–Crippen LogP) is 2.17. The summed E-state index contributed by atoms with van der Waals surface area (Å²) >= 11 is 0. The quantitative estimate of drug-likeness (QED) is 0.849. The van der Waals surface area contributed by atoms with Crippen molar-refractivity contribution < 1.29 is 0 Å². The second-order valence-electron chi connectivity index (χ2n) is 3.95. The molecule has 3 heteroatoms. The van der Waals surface area contributed by atoms with Crippen molar-refractivity contribution in [3.63, 3.8) is 0 Å². The zero-order chi connectivity index (χ0) is 11.4. The minimum Gasteiger partial charge on any atom is -0.317 e. The lowest BCUT2D eigenvalue weighted by molar-refractivity contribution is 0.537. The summed E-state index contributed by atoms with van der Waals surface area (Å²) in [5.41, 5.74) is 3.00. The third-order valence-electron chi connectivity index (χ3n) is 2.86. The van der Waals surface area contributed by atoms with Crippen LogP contribution < -0.4 is 5.32 Å². The lowest BCUT2D eigenvalue weighted by Gasteiger charge is -2.12. The van der Waals surface area contributed by atoms with Crippen LogP contribution in [0.4, 0.5) is 0 Å². The number of hydrogen-bond acceptors (Lipinski definition) is 3. The summed E-state index contributed by atoms with van der Waals surface area (Å²) in [5.74, 6) is 0. The van der Waals surface area contributed by atoms with E-state index >= 15 is 0 Å². The molecule has 2 rings (SSSR count). The van der Waals surface area contributed by atoms with Crippen LogP contribution in [0.2, 0.25) is 0 Å². The van der Waals surface area contributed by atoms with E-state index in [1.807, 2.05) is 37.5 Å². The maximum atomic E-state index is 4.61. The second kappa shape index (κ2) is 5.03. The molecule has 1 aromatic heterocycles. The Morgan fingerprint density at radius 3 is 2.69 bits per heavy atom. The summed E-state index contributed by atoms with van der Waals surface area (Å²) in [4.78, 5) is 9.02. The van der Waals surface area contributed by atoms with Crippen molar-refractivity contribution in [2.24, 2.45) is 0 Å². The Kier molecular flexibility index (Phi) is 3.47. The molecule has 0 saturated carbocycles. The van der Waals surface area contributed by atoms with Crippen molar-refractivity contribution in [2.45, 2.75) is 25.8 Å². The highest BCUT2D eigenvalue weighted by molar-refractivity contribution is 5.73. The molecule has 1 unspecified atom stereocenters. The molecule has 0 spiro atoms. The van der Waals surface area contributed by atoms with Gasteiger partial charge in [0.2, 0.25) is 0 Å². The van der Waals surface area contributed by atoms with Gasteiger partial charge >= 0.3 is 0 Å². The molecule has 2 aromatic rings. The Morgan fingerprint density at radius 2 is 2.00 bits per heavy atom. The summed E-state index contributed by atoms with van der Waals surface area (Å²) in [7, 11) is 1.99. The van der Waals surface area contributed by atoms with Gasteiger partial charge in [0.1, 0.15) is 0 Å². The molecule has 1 heterocycles. The molecule has 0 saturated heterocycles. The molecular formula is C13H17N3. The summed E-state index contributed by atoms with van der Waals surface area (Å²) in [6.07, 6.45) is 3.91. The summed E-state index contributed by atoms with van der Waals surface area (Å²) in [6.45, 7) is 2.18. The van der Waals surface area contributed by atoms with Gasteiger partial charge in [-0.1, -0.05) is 19.1 Å². The van der Waals surface area contributed by atoms with Crippen LogP contribution in [0.3, 0.4) is 0 Å². The number of fused-ring (bicyclic) bond motifs is 1. The van der Waals surface area contributed by atoms with Crippen LogP contribution in [-0.2, 0) is 6.42 Å². The Hall–Kier alpha value is -1.48. The van der Waals surface area contributed by atoms with Gasteiger partial charge in [0, 0.05) is 18.7 Å². The minimum absolute atomic E-state index is 0.482. The number of aromatic nitrogens is 2. The third kappa shape index (κ3) is 2.36. The number of para-hydroxylation sites is 2. The normalized spacial score (nSPS) is 12.9. The Bertz CT molecular complexity index is 463. The molecule has 1 aromatic carbocycles. The van der Waals surface area contributed by atoms with Crippen LogP contribution in [0.1, 0.15) is 19.0 Å². The van der Waals surface area contributed by atoms with E-state index in [4.69, 9.17) is 0 Å². The predicted molar refractivity (Wildman–Crippen MR) is 66.4 cm³/mol. The van der Waals surface area contributed by atoms with Crippen molar-refractivity contribution in [3.8, 4) is 0 Å². The van der Waals surface area contributed by atoms with Gasteiger partial charge < -0.3 is 5.32 Å². The molecule has 84 valence electrons. The van der Waals surface area contributed by atoms with Gasteiger partial charge in [0.15, 0.2) is 0 Å². The highest BCUT2D eigenvalue weighted by atomic mass is 14.9. The highest BCUT2D eigenvalue weighted by Gasteiger charge is 2.06. The first kappa shape index (κ1) is 11.0. The average molecular weight is 215 g/mol. The van der Waals surface area contributed by atoms with E-state index in [0.29, 0.717) is 6.04 Å². The maximum absolute atomic E-state index is 4.61. The Morgan fingerprint density at radius 1 is 1.25 bits per heavy atom. The maximum Gasteiger partial charge on any atom is 0.0890 e. The highest BCUT2D eigenvalue weighted by Crippen LogP contribution is 2.10. The molecule has 0 aliphatic rings. The summed E-state index contributed by atoms with van der Waals surface area (Å²) in [5, 5.41) is 3.28. The number of likely N-dealkylation sites (N-methyl/N-ethyl adjacent to an activating group) is 1. The molecule has 0 aliphatic carbocycles. The van der Waals surface area contributed by atoms with Crippen molar-refractivity contribution in [1.82, 2.24) is 15.3 Å². The van der Waals surface area contributed by atoms with Crippen molar-refractivity contribution >= 4 is 11.0 Å². The van der Waals surface area contributed by atoms with Crippen LogP contribution in [0.25, 0.3) is 11.0 Å². The van der Waals surface area contributed by atoms with Gasteiger partial charge in [-0.25, -0.2) is 4.98 Å². The van der Waals surface area contributed by atoms with Crippen molar-refractivity contribution in [1.29, 1.82) is 0 Å². The van der Waals surface area contributed by atoms with Crippen LogP contribution in [-0.4, -0.2) is 23.1 Å². The molecule has 0 fully saturated rings. The van der Waals surface area contributed by atoms with E-state index in [0.717, 1.165) is 29.6 Å². The molecule has 0 radical (unpaired) electrons. The molecule has 0 amide bonds. The largest absolute Gasteiger partial charge is 0.317 e. The van der Waals surface area contributed by atoms with Gasteiger partial charge in [-0.15, -0.1) is 0 Å². The SMILES string of the molecule is CCC(Cc1cnc2ccccc2n1)NC. The summed E-state index contributed by atoms with van der Waals surface area (Å²) in [6, 6.07) is 8.46. The number of nitrogens with one attached hydrogen (secondary N) is 1. The van der Waals surface area contributed by atoms with E-state index in [1.165, 1.54) is 0 Å². The molecular weight excluding hydrogens is 198 g/mol. The third-order valence-corrected chi connectivity index (χ3v) is 2.86. The molecule has 3 nitrogen and oxygen atoms in total. The molecule has 16 heavy (non-hydrogen) atoms. The number of benzene rings is 1. The van der Waals surface area contributed by atoms with E-state index < -0.39 is 0 Å². The van der Waals surface area contributed by atoms with Crippen LogP contribution in [0.15, 0.2) is 30.5 Å². The van der Waals surface area contributed by atoms with Crippen LogP contribution in [0.5, 0.6) is 0 Å². The fourth-order valence-corrected chi connectivity index (χ4v) is 1.80. The lowest BCUT2D eigenvalue weighted by Crippen LogP contribution is -2.26. The first-order valence-electron chi connectivity index (χ1n) is 5.71. The first-order chi connectivity index (χ1) is 7.83. The fraction of sp³-hybridized carbons (Fsp3) is 0.385. The van der Waals surface area contributed by atoms with Gasteiger partial charge in [0.25, 0.3) is 0 Å².